The van der Waals surface area contributed by atoms with Gasteiger partial charge in [0.25, 0.3) is 5.91 Å². The SMILES string of the molecule is CN(/C=C(/C#N)C(=O)Nc1ccc(Cl)c(Cl)c1)CCO. The number of carbonyl (C=O) groups excluding carboxylic acids is 1. The molecule has 0 aromatic heterocycles. The molecule has 0 heterocycles. The van der Waals surface area contributed by atoms with Crippen LogP contribution < -0.4 is 5.32 Å². The van der Waals surface area contributed by atoms with Gasteiger partial charge in [0.15, 0.2) is 0 Å². The number of anilines is 1. The molecule has 0 aliphatic rings. The molecule has 0 radical (unpaired) electrons. The molecule has 1 amide bonds. The lowest BCUT2D eigenvalue weighted by Gasteiger charge is -2.12. The number of likely N-dealkylation sites (N-methyl/N-ethyl adjacent to an activating group) is 1. The highest BCUT2D eigenvalue weighted by molar-refractivity contribution is 6.42. The molecule has 1 aromatic rings. The third-order valence-electron chi connectivity index (χ3n) is 2.34. The minimum absolute atomic E-state index is 0.0693. The Kier molecular flexibility index (Phi) is 6.32. The fourth-order valence-corrected chi connectivity index (χ4v) is 1.65. The van der Waals surface area contributed by atoms with E-state index in [1.54, 1.807) is 30.1 Å². The third-order valence-corrected chi connectivity index (χ3v) is 3.08. The molecule has 0 bridgehead atoms. The number of nitrogens with zero attached hydrogens (tertiary/aromatic N) is 2. The van der Waals surface area contributed by atoms with E-state index in [2.05, 4.69) is 5.32 Å². The van der Waals surface area contributed by atoms with Crippen LogP contribution in [0.15, 0.2) is 30.0 Å². The highest BCUT2D eigenvalue weighted by Gasteiger charge is 2.11. The Morgan fingerprint density at radius 3 is 2.75 bits per heavy atom. The zero-order valence-electron chi connectivity index (χ0n) is 10.7. The smallest absolute Gasteiger partial charge is 0.267 e. The number of nitriles is 1. The van der Waals surface area contributed by atoms with Crippen LogP contribution in [0.1, 0.15) is 0 Å². The molecular weight excluding hydrogens is 301 g/mol. The lowest BCUT2D eigenvalue weighted by molar-refractivity contribution is -0.112. The van der Waals surface area contributed by atoms with Crippen molar-refractivity contribution in [3.63, 3.8) is 0 Å². The van der Waals surface area contributed by atoms with Gasteiger partial charge in [0.2, 0.25) is 0 Å². The molecule has 0 saturated carbocycles. The lowest BCUT2D eigenvalue weighted by Crippen LogP contribution is -2.20. The third kappa shape index (κ3) is 4.74. The summed E-state index contributed by atoms with van der Waals surface area (Å²) in [4.78, 5) is 13.5. The Bertz CT molecular complexity index is 567. The first-order chi connectivity index (χ1) is 9.47. The Morgan fingerprint density at radius 2 is 2.20 bits per heavy atom. The molecule has 0 fully saturated rings. The quantitative estimate of drug-likeness (QED) is 0.646. The van der Waals surface area contributed by atoms with Crippen LogP contribution in [0.2, 0.25) is 10.0 Å². The van der Waals surface area contributed by atoms with E-state index in [1.165, 1.54) is 12.3 Å². The Hall–Kier alpha value is -1.74. The average molecular weight is 314 g/mol. The maximum absolute atomic E-state index is 11.9. The van der Waals surface area contributed by atoms with Gasteiger partial charge in [-0.15, -0.1) is 0 Å². The van der Waals surface area contributed by atoms with E-state index in [0.29, 0.717) is 22.3 Å². The van der Waals surface area contributed by atoms with E-state index in [-0.39, 0.29) is 12.2 Å². The van der Waals surface area contributed by atoms with Crippen molar-refractivity contribution in [2.45, 2.75) is 0 Å². The maximum Gasteiger partial charge on any atom is 0.267 e. The summed E-state index contributed by atoms with van der Waals surface area (Å²) in [5.41, 5.74) is 0.363. The van der Waals surface area contributed by atoms with Gasteiger partial charge in [0.1, 0.15) is 11.6 Å². The summed E-state index contributed by atoms with van der Waals surface area (Å²) in [6.07, 6.45) is 1.36. The Morgan fingerprint density at radius 1 is 1.50 bits per heavy atom. The number of aliphatic hydroxyl groups excluding tert-OH is 1. The molecule has 7 heteroatoms. The number of aliphatic hydroxyl groups is 1. The van der Waals surface area contributed by atoms with Crippen LogP contribution in [0.25, 0.3) is 0 Å². The molecule has 106 valence electrons. The second-order valence-corrected chi connectivity index (χ2v) is 4.76. The minimum Gasteiger partial charge on any atom is -0.395 e. The van der Waals surface area contributed by atoms with Gasteiger partial charge in [0.05, 0.1) is 16.7 Å². The van der Waals surface area contributed by atoms with Crippen molar-refractivity contribution >= 4 is 34.8 Å². The van der Waals surface area contributed by atoms with Crippen molar-refractivity contribution < 1.29 is 9.90 Å². The minimum atomic E-state index is -0.560. The molecule has 0 unspecified atom stereocenters. The van der Waals surface area contributed by atoms with Gasteiger partial charge in [-0.3, -0.25) is 4.79 Å². The first kappa shape index (κ1) is 16.3. The normalized spacial score (nSPS) is 10.8. The lowest BCUT2D eigenvalue weighted by atomic mass is 10.2. The second-order valence-electron chi connectivity index (χ2n) is 3.94. The fraction of sp³-hybridized carbons (Fsp3) is 0.231. The molecule has 1 aromatic carbocycles. The molecule has 0 aliphatic heterocycles. The van der Waals surface area contributed by atoms with Crippen molar-refractivity contribution in [2.24, 2.45) is 0 Å². The van der Waals surface area contributed by atoms with Crippen LogP contribution in [0.4, 0.5) is 5.69 Å². The van der Waals surface area contributed by atoms with Crippen molar-refractivity contribution in [1.82, 2.24) is 4.90 Å². The number of benzene rings is 1. The first-order valence-electron chi connectivity index (χ1n) is 5.67. The van der Waals surface area contributed by atoms with Crippen molar-refractivity contribution in [3.05, 3.63) is 40.0 Å². The summed E-state index contributed by atoms with van der Waals surface area (Å²) in [6, 6.07) is 6.43. The van der Waals surface area contributed by atoms with E-state index in [1.807, 2.05) is 0 Å². The maximum atomic E-state index is 11.9. The number of halogens is 2. The summed E-state index contributed by atoms with van der Waals surface area (Å²) in [5.74, 6) is -0.560. The van der Waals surface area contributed by atoms with Gasteiger partial charge in [-0.25, -0.2) is 0 Å². The zero-order chi connectivity index (χ0) is 15.1. The molecular formula is C13H13Cl2N3O2. The molecule has 1 rings (SSSR count). The number of rotatable bonds is 5. The summed E-state index contributed by atoms with van der Waals surface area (Å²) >= 11 is 11.6. The van der Waals surface area contributed by atoms with Crippen LogP contribution in [-0.4, -0.2) is 36.1 Å². The number of amides is 1. The number of nitrogens with one attached hydrogen (secondary N) is 1. The predicted molar refractivity (Wildman–Crippen MR) is 78.5 cm³/mol. The van der Waals surface area contributed by atoms with E-state index < -0.39 is 5.91 Å². The van der Waals surface area contributed by atoms with Gasteiger partial charge < -0.3 is 15.3 Å². The number of hydrogen-bond acceptors (Lipinski definition) is 4. The predicted octanol–water partition coefficient (Wildman–Crippen LogP) is 2.26. The standard InChI is InChI=1S/C13H13Cl2N3O2/c1-18(4-5-19)8-9(7-16)13(20)17-10-2-3-11(14)12(15)6-10/h2-3,6,8,19H,4-5H2,1H3,(H,17,20)/b9-8-. The molecule has 0 aliphatic carbocycles. The van der Waals surface area contributed by atoms with Gasteiger partial charge >= 0.3 is 0 Å². The highest BCUT2D eigenvalue weighted by Crippen LogP contribution is 2.25. The molecule has 5 nitrogen and oxygen atoms in total. The summed E-state index contributed by atoms with van der Waals surface area (Å²) in [5, 5.41) is 21.0. The van der Waals surface area contributed by atoms with Crippen molar-refractivity contribution in [1.29, 1.82) is 5.26 Å². The largest absolute Gasteiger partial charge is 0.395 e. The van der Waals surface area contributed by atoms with Gasteiger partial charge in [0, 0.05) is 25.5 Å². The van der Waals surface area contributed by atoms with Crippen LogP contribution in [-0.2, 0) is 4.79 Å². The summed E-state index contributed by atoms with van der Waals surface area (Å²) in [7, 11) is 1.65. The van der Waals surface area contributed by atoms with E-state index in [0.717, 1.165) is 0 Å². The molecule has 20 heavy (non-hydrogen) atoms. The van der Waals surface area contributed by atoms with Crippen LogP contribution in [0.5, 0.6) is 0 Å². The van der Waals surface area contributed by atoms with Crippen LogP contribution in [0, 0.1) is 11.3 Å². The van der Waals surface area contributed by atoms with E-state index >= 15 is 0 Å². The zero-order valence-corrected chi connectivity index (χ0v) is 12.2. The average Bonchev–Trinajstić information content (AvgIpc) is 2.40. The molecule has 0 atom stereocenters. The van der Waals surface area contributed by atoms with Crippen molar-refractivity contribution in [3.8, 4) is 6.07 Å². The number of hydrogen-bond donors (Lipinski definition) is 2. The molecule has 0 saturated heterocycles. The Labute approximate surface area is 127 Å². The summed E-state index contributed by atoms with van der Waals surface area (Å²) < 4.78 is 0. The second kappa shape index (κ2) is 7.75. The molecule has 2 N–H and O–H groups in total. The Balaban J connectivity index is 2.82. The monoisotopic (exact) mass is 313 g/mol. The number of carbonyl (C=O) groups is 1. The van der Waals surface area contributed by atoms with E-state index in [9.17, 15) is 4.79 Å². The van der Waals surface area contributed by atoms with E-state index in [4.69, 9.17) is 33.6 Å². The van der Waals surface area contributed by atoms with Crippen LogP contribution in [0.3, 0.4) is 0 Å². The van der Waals surface area contributed by atoms with Gasteiger partial charge in [-0.05, 0) is 18.2 Å². The highest BCUT2D eigenvalue weighted by atomic mass is 35.5. The van der Waals surface area contributed by atoms with Gasteiger partial charge in [-0.1, -0.05) is 23.2 Å². The molecule has 0 spiro atoms. The fourth-order valence-electron chi connectivity index (χ4n) is 1.35. The topological polar surface area (TPSA) is 76.4 Å². The van der Waals surface area contributed by atoms with Crippen LogP contribution >= 0.6 is 23.2 Å². The first-order valence-corrected chi connectivity index (χ1v) is 6.43. The van der Waals surface area contributed by atoms with Gasteiger partial charge in [-0.2, -0.15) is 5.26 Å². The summed E-state index contributed by atoms with van der Waals surface area (Å²) in [6.45, 7) is 0.255. The van der Waals surface area contributed by atoms with Crippen molar-refractivity contribution in [2.75, 3.05) is 25.5 Å².